The Kier molecular flexibility index (Phi) is 17.7. The third-order valence-corrected chi connectivity index (χ3v) is 7.09. The molecule has 1 rings (SSSR count). The molecule has 9 nitrogen and oxygen atoms in total. The van der Waals surface area contributed by atoms with Crippen molar-refractivity contribution in [2.45, 2.75) is 72.3 Å². The Morgan fingerprint density at radius 2 is 1.56 bits per heavy atom. The molecule has 1 aromatic rings. The summed E-state index contributed by atoms with van der Waals surface area (Å²) in [6.45, 7) is 8.19. The number of thioether (sulfide) groups is 1. The fraction of sp³-hybridized carbons (Fsp3) is 0.645. The summed E-state index contributed by atoms with van der Waals surface area (Å²) < 4.78 is 9.94. The number of benzene rings is 1. The topological polar surface area (TPSA) is 128 Å². The van der Waals surface area contributed by atoms with Crippen LogP contribution in [0.25, 0.3) is 0 Å². The van der Waals surface area contributed by atoms with Gasteiger partial charge in [0.1, 0.15) is 0 Å². The number of Topliss-reactive ketones (excluding diaryl/α,β-unsaturated/α-hetero) is 1. The van der Waals surface area contributed by atoms with Crippen molar-refractivity contribution >= 4 is 41.3 Å². The third-order valence-electron chi connectivity index (χ3n) is 6.44. The van der Waals surface area contributed by atoms with Crippen molar-refractivity contribution in [3.8, 4) is 0 Å². The Bertz CT molecular complexity index is 968. The SMILES string of the molecule is COC(=O)CCNC(=O)[C@@H](CC(=O)[C@H](CC(C)C)NC(=O)[C@H](CCSC)CC(=O)OCC(C)C)Cc1ccccc1. The van der Waals surface area contributed by atoms with E-state index in [0.29, 0.717) is 25.0 Å². The number of hydrogen-bond donors (Lipinski definition) is 2. The molecule has 230 valence electrons. The number of amides is 2. The van der Waals surface area contributed by atoms with Crippen LogP contribution in [0.2, 0.25) is 0 Å². The van der Waals surface area contributed by atoms with E-state index in [1.54, 1.807) is 11.8 Å². The summed E-state index contributed by atoms with van der Waals surface area (Å²) in [5.74, 6) is -2.15. The van der Waals surface area contributed by atoms with Gasteiger partial charge in [-0.05, 0) is 48.7 Å². The number of esters is 2. The van der Waals surface area contributed by atoms with Crippen LogP contribution in [0.5, 0.6) is 0 Å². The fourth-order valence-corrected chi connectivity index (χ4v) is 4.73. The van der Waals surface area contributed by atoms with E-state index in [2.05, 4.69) is 15.4 Å². The molecule has 0 fully saturated rings. The van der Waals surface area contributed by atoms with Crippen molar-refractivity contribution < 1.29 is 33.4 Å². The smallest absolute Gasteiger partial charge is 0.307 e. The van der Waals surface area contributed by atoms with E-state index in [9.17, 15) is 24.0 Å². The zero-order valence-electron chi connectivity index (χ0n) is 25.4. The standard InChI is InChI=1S/C31H48N2O7S/c1-21(2)16-26(33-31(38)24(13-15-41-6)19-29(36)40-20-22(3)4)27(34)18-25(17-23-10-8-7-9-11-23)30(37)32-14-12-28(35)39-5/h7-11,21-22,24-26H,12-20H2,1-6H3,(H,32,37)(H,33,38)/t24-,25-,26+/m1/s1. The number of nitrogens with one attached hydrogen (secondary N) is 2. The lowest BCUT2D eigenvalue weighted by Gasteiger charge is -2.25. The Balaban J connectivity index is 3.05. The molecular formula is C31H48N2O7S. The van der Waals surface area contributed by atoms with Crippen LogP contribution in [-0.2, 0) is 39.9 Å². The molecule has 0 radical (unpaired) electrons. The molecule has 0 aromatic heterocycles. The first kappa shape index (κ1) is 36.1. The minimum atomic E-state index is -0.799. The summed E-state index contributed by atoms with van der Waals surface area (Å²) >= 11 is 1.58. The largest absolute Gasteiger partial charge is 0.469 e. The van der Waals surface area contributed by atoms with Crippen molar-refractivity contribution in [2.75, 3.05) is 32.3 Å². The minimum absolute atomic E-state index is 0.0251. The maximum atomic E-state index is 13.6. The van der Waals surface area contributed by atoms with E-state index in [0.717, 1.165) is 5.56 Å². The average molecular weight is 593 g/mol. The van der Waals surface area contributed by atoms with Gasteiger partial charge in [-0.3, -0.25) is 24.0 Å². The number of methoxy groups -OCH3 is 1. The molecule has 1 aromatic carbocycles. The van der Waals surface area contributed by atoms with Crippen molar-refractivity contribution in [1.29, 1.82) is 0 Å². The summed E-state index contributed by atoms with van der Waals surface area (Å²) in [7, 11) is 1.28. The lowest BCUT2D eigenvalue weighted by molar-refractivity contribution is -0.148. The second-order valence-corrected chi connectivity index (χ2v) is 12.1. The predicted octanol–water partition coefficient (Wildman–Crippen LogP) is 3.97. The van der Waals surface area contributed by atoms with E-state index in [1.165, 1.54) is 7.11 Å². The van der Waals surface area contributed by atoms with Crippen LogP contribution in [0.3, 0.4) is 0 Å². The maximum Gasteiger partial charge on any atom is 0.307 e. The molecule has 41 heavy (non-hydrogen) atoms. The molecule has 0 saturated carbocycles. The molecule has 0 heterocycles. The van der Waals surface area contributed by atoms with Gasteiger partial charge in [0.25, 0.3) is 0 Å². The molecule has 0 bridgehead atoms. The monoisotopic (exact) mass is 592 g/mol. The van der Waals surface area contributed by atoms with Crippen LogP contribution in [-0.4, -0.2) is 67.8 Å². The summed E-state index contributed by atoms with van der Waals surface area (Å²) in [5.41, 5.74) is 0.898. The maximum absolute atomic E-state index is 13.6. The quantitative estimate of drug-likeness (QED) is 0.218. The van der Waals surface area contributed by atoms with Gasteiger partial charge in [0, 0.05) is 24.8 Å². The number of carbonyl (C=O) groups excluding carboxylic acids is 5. The van der Waals surface area contributed by atoms with Gasteiger partial charge >= 0.3 is 11.9 Å². The molecular weight excluding hydrogens is 544 g/mol. The number of carbonyl (C=O) groups is 5. The van der Waals surface area contributed by atoms with Crippen LogP contribution in [0.1, 0.15) is 65.4 Å². The zero-order chi connectivity index (χ0) is 30.8. The van der Waals surface area contributed by atoms with Crippen molar-refractivity contribution in [3.05, 3.63) is 35.9 Å². The minimum Gasteiger partial charge on any atom is -0.469 e. The lowest BCUT2D eigenvalue weighted by atomic mass is 9.88. The number of ether oxygens (including phenoxy) is 2. The fourth-order valence-electron chi connectivity index (χ4n) is 4.21. The van der Waals surface area contributed by atoms with Crippen LogP contribution in [0, 0.1) is 23.7 Å². The number of rotatable bonds is 20. The summed E-state index contributed by atoms with van der Waals surface area (Å²) in [6, 6.07) is 8.59. The molecule has 0 aliphatic heterocycles. The number of hydrogen-bond acceptors (Lipinski definition) is 8. The normalized spacial score (nSPS) is 13.3. The van der Waals surface area contributed by atoms with Crippen LogP contribution in [0.15, 0.2) is 30.3 Å². The van der Waals surface area contributed by atoms with Crippen LogP contribution >= 0.6 is 11.8 Å². The van der Waals surface area contributed by atoms with Crippen molar-refractivity contribution in [2.24, 2.45) is 23.7 Å². The third kappa shape index (κ3) is 15.6. The Morgan fingerprint density at radius 1 is 0.878 bits per heavy atom. The predicted molar refractivity (Wildman–Crippen MR) is 161 cm³/mol. The van der Waals surface area contributed by atoms with Gasteiger partial charge in [0.2, 0.25) is 11.8 Å². The average Bonchev–Trinajstić information content (AvgIpc) is 2.93. The second-order valence-electron chi connectivity index (χ2n) is 11.1. The van der Waals surface area contributed by atoms with Gasteiger partial charge in [-0.25, -0.2) is 0 Å². The molecule has 0 saturated heterocycles. The van der Waals surface area contributed by atoms with E-state index in [4.69, 9.17) is 4.74 Å². The highest BCUT2D eigenvalue weighted by Gasteiger charge is 2.31. The van der Waals surface area contributed by atoms with Crippen LogP contribution < -0.4 is 10.6 Å². The Hall–Kier alpha value is -2.88. The molecule has 0 unspecified atom stereocenters. The summed E-state index contributed by atoms with van der Waals surface area (Å²) in [6.07, 6.45) is 3.03. The molecule has 3 atom stereocenters. The molecule has 0 spiro atoms. The Morgan fingerprint density at radius 3 is 2.15 bits per heavy atom. The first-order valence-corrected chi connectivity index (χ1v) is 15.7. The van der Waals surface area contributed by atoms with Gasteiger partial charge in [-0.15, -0.1) is 0 Å². The Labute approximate surface area is 249 Å². The van der Waals surface area contributed by atoms with Crippen molar-refractivity contribution in [1.82, 2.24) is 10.6 Å². The van der Waals surface area contributed by atoms with Gasteiger partial charge in [0.05, 0.1) is 32.6 Å². The molecule has 2 amide bonds. The molecule has 0 aliphatic carbocycles. The first-order valence-electron chi connectivity index (χ1n) is 14.3. The van der Waals surface area contributed by atoms with Gasteiger partial charge in [-0.1, -0.05) is 58.0 Å². The van der Waals surface area contributed by atoms with Crippen molar-refractivity contribution in [3.63, 3.8) is 0 Å². The molecule has 2 N–H and O–H groups in total. The van der Waals surface area contributed by atoms with Gasteiger partial charge < -0.3 is 20.1 Å². The molecule has 10 heteroatoms. The van der Waals surface area contributed by atoms with Gasteiger partial charge in [0.15, 0.2) is 5.78 Å². The zero-order valence-corrected chi connectivity index (χ0v) is 26.2. The van der Waals surface area contributed by atoms with E-state index in [-0.39, 0.29) is 61.8 Å². The van der Waals surface area contributed by atoms with E-state index in [1.807, 2.05) is 64.3 Å². The summed E-state index contributed by atoms with van der Waals surface area (Å²) in [4.78, 5) is 64.0. The van der Waals surface area contributed by atoms with Gasteiger partial charge in [-0.2, -0.15) is 11.8 Å². The summed E-state index contributed by atoms with van der Waals surface area (Å²) in [5, 5.41) is 5.65. The number of ketones is 1. The molecule has 0 aliphatic rings. The van der Waals surface area contributed by atoms with E-state index < -0.39 is 29.8 Å². The highest BCUT2D eigenvalue weighted by molar-refractivity contribution is 7.98. The highest BCUT2D eigenvalue weighted by atomic mass is 32.2. The second kappa shape index (κ2) is 20.1. The van der Waals surface area contributed by atoms with Crippen LogP contribution in [0.4, 0.5) is 0 Å². The first-order chi connectivity index (χ1) is 19.5. The highest BCUT2D eigenvalue weighted by Crippen LogP contribution is 2.19. The lowest BCUT2D eigenvalue weighted by Crippen LogP contribution is -2.46. The van der Waals surface area contributed by atoms with E-state index >= 15 is 0 Å².